The van der Waals surface area contributed by atoms with Gasteiger partial charge in [-0.25, -0.2) is 12.7 Å². The van der Waals surface area contributed by atoms with Gasteiger partial charge in [0.1, 0.15) is 6.54 Å². The van der Waals surface area contributed by atoms with Crippen LogP contribution in [0.25, 0.3) is 0 Å². The Morgan fingerprint density at radius 3 is 2.47 bits per heavy atom. The fourth-order valence-corrected chi connectivity index (χ4v) is 4.03. The van der Waals surface area contributed by atoms with Gasteiger partial charge in [0, 0.05) is 19.5 Å². The monoisotopic (exact) mass is 288 g/mol. The predicted octanol–water partition coefficient (Wildman–Crippen LogP) is 0.341. The van der Waals surface area contributed by atoms with E-state index in [0.717, 1.165) is 30.0 Å². The van der Waals surface area contributed by atoms with Crippen LogP contribution >= 0.6 is 0 Å². The van der Waals surface area contributed by atoms with Gasteiger partial charge in [-0.2, -0.15) is 0 Å². The number of sulfonamides is 1. The summed E-state index contributed by atoms with van der Waals surface area (Å²) in [6.07, 6.45) is 4.79. The normalized spacial score (nSPS) is 24.1. The number of hydrogen-bond donors (Lipinski definition) is 0. The Labute approximate surface area is 113 Å². The third-order valence-electron chi connectivity index (χ3n) is 3.62. The van der Waals surface area contributed by atoms with Crippen LogP contribution < -0.4 is 0 Å². The van der Waals surface area contributed by atoms with Gasteiger partial charge in [-0.1, -0.05) is 12.8 Å². The highest BCUT2D eigenvalue weighted by molar-refractivity contribution is 7.89. The van der Waals surface area contributed by atoms with E-state index in [2.05, 4.69) is 0 Å². The summed E-state index contributed by atoms with van der Waals surface area (Å²) in [6, 6.07) is 0. The quantitative estimate of drug-likeness (QED) is 0.734. The molecule has 0 aromatic heterocycles. The average Bonchev–Trinajstić information content (AvgIpc) is 2.68. The van der Waals surface area contributed by atoms with Crippen molar-refractivity contribution in [3.05, 3.63) is 0 Å². The molecule has 0 N–H and O–H groups in total. The maximum atomic E-state index is 12.0. The van der Waals surface area contributed by atoms with Crippen molar-refractivity contribution in [1.29, 1.82) is 0 Å². The molecule has 0 aromatic carbocycles. The highest BCUT2D eigenvalue weighted by atomic mass is 32.2. The summed E-state index contributed by atoms with van der Waals surface area (Å²) in [6.45, 7) is 0.708. The first kappa shape index (κ1) is 14.3. The van der Waals surface area contributed by atoms with Crippen molar-refractivity contribution in [1.82, 2.24) is 9.21 Å². The third-order valence-corrected chi connectivity index (χ3v) is 5.49. The smallest absolute Gasteiger partial charge is 0.255 e. The molecule has 108 valence electrons. The average molecular weight is 288 g/mol. The molecule has 2 heterocycles. The summed E-state index contributed by atoms with van der Waals surface area (Å²) in [4.78, 5) is 25.4. The van der Waals surface area contributed by atoms with E-state index in [1.165, 1.54) is 4.90 Å². The molecule has 7 heteroatoms. The molecule has 0 unspecified atom stereocenters. The predicted molar refractivity (Wildman–Crippen MR) is 69.8 cm³/mol. The minimum atomic E-state index is -3.43. The van der Waals surface area contributed by atoms with E-state index >= 15 is 0 Å². The van der Waals surface area contributed by atoms with Crippen LogP contribution in [0.1, 0.15) is 38.5 Å². The molecule has 0 saturated carbocycles. The van der Waals surface area contributed by atoms with Gasteiger partial charge in [0.25, 0.3) is 5.91 Å². The lowest BCUT2D eigenvalue weighted by Gasteiger charge is -2.26. The van der Waals surface area contributed by atoms with Gasteiger partial charge in [0.05, 0.1) is 5.75 Å². The molecule has 0 atom stereocenters. The summed E-state index contributed by atoms with van der Waals surface area (Å²) in [5, 5.41) is 0. The van der Waals surface area contributed by atoms with E-state index in [4.69, 9.17) is 0 Å². The van der Waals surface area contributed by atoms with Gasteiger partial charge in [0.15, 0.2) is 0 Å². The zero-order chi connectivity index (χ0) is 13.9. The molecule has 2 rings (SSSR count). The van der Waals surface area contributed by atoms with Gasteiger partial charge >= 0.3 is 0 Å². The maximum Gasteiger partial charge on any atom is 0.255 e. The van der Waals surface area contributed by atoms with Crippen molar-refractivity contribution in [3.8, 4) is 0 Å². The number of rotatable bonds is 2. The van der Waals surface area contributed by atoms with E-state index in [0.29, 0.717) is 19.4 Å². The highest BCUT2D eigenvalue weighted by Gasteiger charge is 2.33. The first-order chi connectivity index (χ1) is 9.00. The topological polar surface area (TPSA) is 74.8 Å². The molecule has 0 aromatic rings. The number of hydrogen-bond acceptors (Lipinski definition) is 4. The molecule has 19 heavy (non-hydrogen) atoms. The lowest BCUT2D eigenvalue weighted by molar-refractivity contribution is -0.138. The van der Waals surface area contributed by atoms with Gasteiger partial charge in [-0.15, -0.1) is 0 Å². The fraction of sp³-hybridized carbons (Fsp3) is 0.833. The molecule has 2 saturated heterocycles. The van der Waals surface area contributed by atoms with Crippen molar-refractivity contribution in [2.75, 3.05) is 25.4 Å². The highest BCUT2D eigenvalue weighted by Crippen LogP contribution is 2.16. The summed E-state index contributed by atoms with van der Waals surface area (Å²) >= 11 is 0. The Kier molecular flexibility index (Phi) is 4.44. The van der Waals surface area contributed by atoms with E-state index in [1.54, 1.807) is 0 Å². The summed E-state index contributed by atoms with van der Waals surface area (Å²) < 4.78 is 24.2. The first-order valence-electron chi connectivity index (χ1n) is 6.82. The van der Waals surface area contributed by atoms with Gasteiger partial charge in [-0.05, 0) is 19.3 Å². The number of amides is 2. The Morgan fingerprint density at radius 2 is 1.79 bits per heavy atom. The molecule has 0 radical (unpaired) electrons. The van der Waals surface area contributed by atoms with Crippen molar-refractivity contribution < 1.29 is 18.0 Å². The van der Waals surface area contributed by atoms with Crippen LogP contribution in [0.15, 0.2) is 0 Å². The summed E-state index contributed by atoms with van der Waals surface area (Å²) in [7, 11) is -3.43. The van der Waals surface area contributed by atoms with Crippen LogP contribution in [0, 0.1) is 0 Å². The zero-order valence-electron chi connectivity index (χ0n) is 11.0. The lowest BCUT2D eigenvalue weighted by atomic mass is 10.1. The Morgan fingerprint density at radius 1 is 1.05 bits per heavy atom. The van der Waals surface area contributed by atoms with Crippen LogP contribution in [0.4, 0.5) is 0 Å². The zero-order valence-corrected chi connectivity index (χ0v) is 11.8. The van der Waals surface area contributed by atoms with E-state index < -0.39 is 15.9 Å². The van der Waals surface area contributed by atoms with Crippen LogP contribution in [0.3, 0.4) is 0 Å². The van der Waals surface area contributed by atoms with E-state index in [1.807, 2.05) is 0 Å². The molecule has 0 bridgehead atoms. The molecular weight excluding hydrogens is 268 g/mol. The maximum absolute atomic E-state index is 12.0. The Balaban J connectivity index is 1.98. The molecule has 2 amide bonds. The van der Waals surface area contributed by atoms with Crippen LogP contribution in [0.5, 0.6) is 0 Å². The van der Waals surface area contributed by atoms with Crippen LogP contribution in [-0.4, -0.2) is 54.8 Å². The van der Waals surface area contributed by atoms with Crippen molar-refractivity contribution in [2.24, 2.45) is 0 Å². The second-order valence-electron chi connectivity index (χ2n) is 5.11. The molecule has 0 spiro atoms. The SMILES string of the molecule is O=C1CCCCCCN1CC(=O)N1CCCS1(=O)=O. The minimum Gasteiger partial charge on any atom is -0.333 e. The van der Waals surface area contributed by atoms with Crippen LogP contribution in [-0.2, 0) is 19.6 Å². The molecule has 2 aliphatic rings. The molecule has 6 nitrogen and oxygen atoms in total. The second-order valence-corrected chi connectivity index (χ2v) is 7.13. The minimum absolute atomic E-state index is 0.0344. The largest absolute Gasteiger partial charge is 0.333 e. The number of carbonyl (C=O) groups excluding carboxylic acids is 2. The standard InChI is InChI=1S/C12H20N2O4S/c15-11-6-3-1-2-4-7-13(11)10-12(16)14-8-5-9-19(14,17)18/h1-10H2. The Bertz CT molecular complexity index is 460. The van der Waals surface area contributed by atoms with Gasteiger partial charge in [0.2, 0.25) is 15.9 Å². The molecular formula is C12H20N2O4S. The molecule has 0 aliphatic carbocycles. The van der Waals surface area contributed by atoms with E-state index in [9.17, 15) is 18.0 Å². The number of carbonyl (C=O) groups is 2. The number of nitrogens with zero attached hydrogens (tertiary/aromatic N) is 2. The summed E-state index contributed by atoms with van der Waals surface area (Å²) in [5.74, 6) is -0.469. The molecule has 2 aliphatic heterocycles. The van der Waals surface area contributed by atoms with Gasteiger partial charge < -0.3 is 4.90 Å². The first-order valence-corrected chi connectivity index (χ1v) is 8.42. The number of likely N-dealkylation sites (tertiary alicyclic amines) is 1. The van der Waals surface area contributed by atoms with Crippen molar-refractivity contribution in [2.45, 2.75) is 38.5 Å². The Hall–Kier alpha value is -1.11. The molecule has 2 fully saturated rings. The fourth-order valence-electron chi connectivity index (χ4n) is 2.54. The second kappa shape index (κ2) is 5.90. The van der Waals surface area contributed by atoms with E-state index in [-0.39, 0.29) is 24.7 Å². The lowest BCUT2D eigenvalue weighted by Crippen LogP contribution is -2.44. The van der Waals surface area contributed by atoms with Crippen molar-refractivity contribution in [3.63, 3.8) is 0 Å². The third kappa shape index (κ3) is 3.46. The summed E-state index contributed by atoms with van der Waals surface area (Å²) in [5.41, 5.74) is 0. The van der Waals surface area contributed by atoms with Crippen molar-refractivity contribution >= 4 is 21.8 Å². The van der Waals surface area contributed by atoms with Gasteiger partial charge in [-0.3, -0.25) is 9.59 Å². The van der Waals surface area contributed by atoms with Crippen LogP contribution in [0.2, 0.25) is 0 Å².